The normalized spacial score (nSPS) is 14.2. The first-order valence-corrected chi connectivity index (χ1v) is 22.1. The maximum absolute atomic E-state index is 15.9. The zero-order valence-corrected chi connectivity index (χ0v) is 35.8. The molecule has 0 atom stereocenters. The summed E-state index contributed by atoms with van der Waals surface area (Å²) in [5.74, 6) is -2.93. The number of unbranched alkanes of at least 4 members (excludes halogenated alkanes) is 3. The van der Waals surface area contributed by atoms with E-state index in [1.807, 2.05) is 10.8 Å². The van der Waals surface area contributed by atoms with Crippen molar-refractivity contribution in [3.63, 3.8) is 0 Å². The molecule has 1 aliphatic carbocycles. The molecule has 2 amide bonds. The minimum atomic E-state index is -1.41. The van der Waals surface area contributed by atoms with Crippen LogP contribution in [0.4, 0.5) is 19.3 Å². The van der Waals surface area contributed by atoms with Gasteiger partial charge in [-0.05, 0) is 86.3 Å². The van der Waals surface area contributed by atoms with E-state index in [2.05, 4.69) is 15.7 Å². The van der Waals surface area contributed by atoms with Gasteiger partial charge in [0.05, 0.1) is 33.6 Å². The van der Waals surface area contributed by atoms with Crippen molar-refractivity contribution in [1.29, 1.82) is 0 Å². The number of carboxylic acid groups (broad SMARTS) is 1. The van der Waals surface area contributed by atoms with Gasteiger partial charge in [0.25, 0.3) is 0 Å². The molecular weight excluding hydrogens is 903 g/mol. The molecule has 1 spiro atoms. The average Bonchev–Trinajstić information content (AvgIpc) is 3.82. The van der Waals surface area contributed by atoms with E-state index in [0.717, 1.165) is 49.6 Å². The van der Waals surface area contributed by atoms with E-state index in [4.69, 9.17) is 21.1 Å². The van der Waals surface area contributed by atoms with Crippen molar-refractivity contribution in [3.05, 3.63) is 147 Å². The molecule has 4 heterocycles. The van der Waals surface area contributed by atoms with Crippen LogP contribution in [0.25, 0.3) is 16.6 Å². The van der Waals surface area contributed by atoms with Gasteiger partial charge in [-0.25, -0.2) is 23.2 Å². The van der Waals surface area contributed by atoms with Crippen LogP contribution in [0.3, 0.4) is 0 Å². The number of anilines is 1. The van der Waals surface area contributed by atoms with Crippen molar-refractivity contribution < 1.29 is 48.0 Å². The summed E-state index contributed by atoms with van der Waals surface area (Å²) >= 11 is 7.39. The van der Waals surface area contributed by atoms with E-state index in [1.165, 1.54) is 48.5 Å². The molecule has 0 unspecified atom stereocenters. The summed E-state index contributed by atoms with van der Waals surface area (Å²) in [6, 6.07) is 20.9. The molecule has 7 aromatic rings. The van der Waals surface area contributed by atoms with E-state index in [1.54, 1.807) is 47.3 Å². The second kappa shape index (κ2) is 18.0. The minimum absolute atomic E-state index is 0. The molecule has 0 bridgehead atoms. The number of amides is 2. The third kappa shape index (κ3) is 8.04. The number of aromatic nitrogens is 3. The molecule has 0 saturated heterocycles. The van der Waals surface area contributed by atoms with E-state index in [0.29, 0.717) is 57.9 Å². The molecule has 0 radical (unpaired) electrons. The monoisotopic (exact) mass is 941 g/mol. The second-order valence-corrected chi connectivity index (χ2v) is 17.6. The van der Waals surface area contributed by atoms with E-state index in [-0.39, 0.29) is 79.5 Å². The Kier molecular flexibility index (Phi) is 12.3. The number of phenols is 2. The Balaban J connectivity index is 0.00000548. The van der Waals surface area contributed by atoms with Gasteiger partial charge < -0.3 is 40.0 Å². The number of halogens is 3. The molecule has 2 aromatic heterocycles. The van der Waals surface area contributed by atoms with Gasteiger partial charge in [-0.3, -0.25) is 4.68 Å². The number of rotatable bonds is 13. The van der Waals surface area contributed by atoms with Crippen molar-refractivity contribution in [2.45, 2.75) is 66.4 Å². The van der Waals surface area contributed by atoms with Crippen LogP contribution in [0.1, 0.15) is 87.5 Å². The molecule has 2 aliphatic heterocycles. The number of phenolic OH excluding ortho intramolecular Hbond substituents is 2. The van der Waals surface area contributed by atoms with Crippen LogP contribution < -0.4 is 15.4 Å². The number of nitrogens with one attached hydrogen (secondary N) is 2. The zero-order chi connectivity index (χ0) is 45.1. The van der Waals surface area contributed by atoms with Crippen molar-refractivity contribution in [2.24, 2.45) is 0 Å². The predicted molar refractivity (Wildman–Crippen MR) is 244 cm³/mol. The summed E-state index contributed by atoms with van der Waals surface area (Å²) in [6.45, 7) is 0.992. The molecule has 1 fully saturated rings. The van der Waals surface area contributed by atoms with Crippen LogP contribution in [0.5, 0.6) is 23.0 Å². The van der Waals surface area contributed by atoms with Crippen LogP contribution in [0.15, 0.2) is 107 Å². The molecule has 5 N–H and O–H groups in total. The fraction of sp³-hybridized carbons (Fsp3) is 0.208. The van der Waals surface area contributed by atoms with Crippen LogP contribution in [0, 0.1) is 11.6 Å². The van der Waals surface area contributed by atoms with Gasteiger partial charge in [-0.1, -0.05) is 48.3 Å². The number of benzene rings is 5. The van der Waals surface area contributed by atoms with E-state index < -0.39 is 40.8 Å². The maximum atomic E-state index is 15.9. The molecule has 3 aliphatic rings. The molecule has 1 saturated carbocycles. The third-order valence-corrected chi connectivity index (χ3v) is 13.3. The van der Waals surface area contributed by atoms with Crippen LogP contribution in [-0.4, -0.2) is 83.7 Å². The quantitative estimate of drug-likeness (QED) is 0.0425. The predicted octanol–water partition coefficient (Wildman–Crippen LogP) is 10.2. The fourth-order valence-corrected chi connectivity index (χ4v) is 10.1. The molecule has 332 valence electrons. The molecule has 5 aromatic carbocycles. The van der Waals surface area contributed by atoms with E-state index >= 15 is 8.78 Å². The number of hydrogen-bond donors (Lipinski definition) is 5. The standard InChI is InChI=1S/C48H38ClF2N5O8S.Na.H/c49-36-17-13-31-43(41(36)51)56(42(25-8-9-25)44(31)65-39-7-5-6-30(40(39)50)45(59)60)27-23-53-55(24-27)19-4-2-1-3-18-52-47(62)54-26-10-14-33-32(20-26)46(61)64-48(33)34-15-11-28(57)21-37(34)63-38-22-29(58)12-16-35(38)48;;/h5-7,10-17,20-25,57-58H,1-4,8-9,18-19H2,(H,59,60)(H2,52,54,62);;. The molecule has 18 heteroatoms. The van der Waals surface area contributed by atoms with Crippen molar-refractivity contribution in [2.75, 3.05) is 11.9 Å². The Bertz CT molecular complexity index is 3070. The number of nitrogens with zero attached hydrogens (tertiary/aromatic N) is 3. The summed E-state index contributed by atoms with van der Waals surface area (Å²) in [4.78, 5) is 38.8. The molecule has 13 nitrogen and oxygen atoms in total. The topological polar surface area (TPSA) is 177 Å². The fourth-order valence-electron chi connectivity index (χ4n) is 8.77. The third-order valence-electron chi connectivity index (χ3n) is 11.9. The number of carbonyl (C=O) groups excluding carboxylic acids is 2. The number of urea groups is 1. The van der Waals surface area contributed by atoms with Crippen LogP contribution >= 0.6 is 23.4 Å². The molecule has 66 heavy (non-hydrogen) atoms. The number of fused-ring (bicyclic) bond motifs is 7. The summed E-state index contributed by atoms with van der Waals surface area (Å²) < 4.78 is 47.0. The molecule has 10 rings (SSSR count). The number of aryl methyl sites for hydroxylation is 1. The Morgan fingerprint density at radius 2 is 1.61 bits per heavy atom. The summed E-state index contributed by atoms with van der Waals surface area (Å²) in [7, 11) is 0. The van der Waals surface area contributed by atoms with Gasteiger partial charge >= 0.3 is 47.5 Å². The summed E-state index contributed by atoms with van der Waals surface area (Å²) in [5, 5.41) is 40.6. The van der Waals surface area contributed by atoms with Gasteiger partial charge in [-0.2, -0.15) is 5.10 Å². The Hall–Kier alpha value is -6.04. The summed E-state index contributed by atoms with van der Waals surface area (Å²) in [6.07, 6.45) is 8.38. The Morgan fingerprint density at radius 1 is 0.894 bits per heavy atom. The number of aromatic carboxylic acids is 1. The first-order chi connectivity index (χ1) is 31.4. The van der Waals surface area contributed by atoms with Gasteiger partial charge in [0, 0.05) is 80.6 Å². The van der Waals surface area contributed by atoms with Crippen molar-refractivity contribution in [1.82, 2.24) is 19.7 Å². The SMILES string of the molecule is O=C(NCCCCCCn1cc(-n2c(C3CC3)c(Sc3cccc(C(=O)O)c3F)c3ccc(Cl)c(F)c32)cn1)Nc1ccc2c(c1)C(=O)OC21c2ccc(O)cc2Oc2cc(O)ccc21.[NaH]. The van der Waals surface area contributed by atoms with Crippen LogP contribution in [0.2, 0.25) is 5.02 Å². The number of ether oxygens (including phenoxy) is 2. The number of carbonyl (C=O) groups is 3. The van der Waals surface area contributed by atoms with Gasteiger partial charge in [0.2, 0.25) is 0 Å². The number of carboxylic acids is 1. The Labute approximate surface area is 407 Å². The summed E-state index contributed by atoms with van der Waals surface area (Å²) in [5.41, 5.74) is 1.97. The van der Waals surface area contributed by atoms with Gasteiger partial charge in [0.15, 0.2) is 17.2 Å². The number of esters is 1. The zero-order valence-electron chi connectivity index (χ0n) is 34.2. The average molecular weight is 942 g/mol. The first kappa shape index (κ1) is 45.1. The first-order valence-electron chi connectivity index (χ1n) is 20.9. The van der Waals surface area contributed by atoms with Crippen molar-refractivity contribution >= 4 is 87.5 Å². The Morgan fingerprint density at radius 3 is 2.32 bits per heavy atom. The van der Waals surface area contributed by atoms with Crippen molar-refractivity contribution in [3.8, 4) is 28.7 Å². The van der Waals surface area contributed by atoms with Gasteiger partial charge in [-0.15, -0.1) is 0 Å². The van der Waals surface area contributed by atoms with Crippen LogP contribution in [-0.2, 0) is 16.9 Å². The van der Waals surface area contributed by atoms with E-state index in [9.17, 15) is 29.7 Å². The van der Waals surface area contributed by atoms with Gasteiger partial charge in [0.1, 0.15) is 23.0 Å². The number of hydrogen-bond acceptors (Lipinski definition) is 9. The number of aromatic hydroxyl groups is 2. The second-order valence-electron chi connectivity index (χ2n) is 16.2. The molecular formula is C48H39ClF2N5NaO8S.